The van der Waals surface area contributed by atoms with E-state index in [1.807, 2.05) is 0 Å². The van der Waals surface area contributed by atoms with Gasteiger partial charge in [0.25, 0.3) is 0 Å². The van der Waals surface area contributed by atoms with Crippen molar-refractivity contribution < 1.29 is 14.3 Å². The van der Waals surface area contributed by atoms with E-state index in [1.165, 1.54) is 0 Å². The number of hydrogen-bond acceptors (Lipinski definition) is 5. The summed E-state index contributed by atoms with van der Waals surface area (Å²) in [6.07, 6.45) is -0.510. The van der Waals surface area contributed by atoms with Crippen LogP contribution in [0.2, 0.25) is 0 Å². The maximum absolute atomic E-state index is 11.1. The van der Waals surface area contributed by atoms with Gasteiger partial charge in [-0.05, 0) is 6.92 Å². The molecule has 70 valence electrons. The Morgan fingerprint density at radius 2 is 2.58 bits per heavy atom. The van der Waals surface area contributed by atoms with E-state index in [0.717, 1.165) is 0 Å². The molecule has 1 saturated heterocycles. The van der Waals surface area contributed by atoms with Gasteiger partial charge in [-0.15, -0.1) is 0 Å². The number of carbonyl (C=O) groups excluding carboxylic acids is 1. The number of morpholine rings is 1. The lowest BCUT2D eigenvalue weighted by molar-refractivity contribution is -0.162. The summed E-state index contributed by atoms with van der Waals surface area (Å²) in [4.78, 5) is 11.1. The Labute approximate surface area is 71.4 Å². The minimum absolute atomic E-state index is 0.326. The molecular weight excluding hydrogens is 160 g/mol. The third-order valence-corrected chi connectivity index (χ3v) is 1.65. The van der Waals surface area contributed by atoms with Crippen molar-refractivity contribution in [2.24, 2.45) is 5.84 Å². The molecular formula is C7H14N2O3. The second-order valence-electron chi connectivity index (χ2n) is 2.61. The third kappa shape index (κ3) is 2.44. The molecule has 12 heavy (non-hydrogen) atoms. The normalized spacial score (nSPS) is 25.3. The van der Waals surface area contributed by atoms with Crippen molar-refractivity contribution in [2.75, 3.05) is 26.3 Å². The molecule has 5 heteroatoms. The fourth-order valence-corrected chi connectivity index (χ4v) is 1.05. The van der Waals surface area contributed by atoms with Gasteiger partial charge in [0.1, 0.15) is 0 Å². The summed E-state index contributed by atoms with van der Waals surface area (Å²) in [7, 11) is 0. The van der Waals surface area contributed by atoms with E-state index in [-0.39, 0.29) is 5.97 Å². The monoisotopic (exact) mass is 174 g/mol. The van der Waals surface area contributed by atoms with E-state index in [4.69, 9.17) is 15.3 Å². The Morgan fingerprint density at radius 3 is 3.17 bits per heavy atom. The number of nitrogens with two attached hydrogens (primary N) is 1. The number of carbonyl (C=O) groups is 1. The van der Waals surface area contributed by atoms with Crippen LogP contribution in [0, 0.1) is 0 Å². The molecule has 0 amide bonds. The third-order valence-electron chi connectivity index (χ3n) is 1.65. The highest BCUT2D eigenvalue weighted by molar-refractivity contribution is 5.75. The Hall–Kier alpha value is -0.650. The summed E-state index contributed by atoms with van der Waals surface area (Å²) in [6.45, 7) is 3.71. The molecule has 0 aromatic heterocycles. The first-order valence-corrected chi connectivity index (χ1v) is 4.02. The quantitative estimate of drug-likeness (QED) is 0.435. The molecule has 0 aromatic rings. The van der Waals surface area contributed by atoms with Crippen LogP contribution >= 0.6 is 0 Å². The van der Waals surface area contributed by atoms with E-state index < -0.39 is 6.10 Å². The van der Waals surface area contributed by atoms with Gasteiger partial charge in [-0.1, -0.05) is 0 Å². The van der Waals surface area contributed by atoms with Crippen LogP contribution < -0.4 is 5.84 Å². The van der Waals surface area contributed by atoms with Gasteiger partial charge < -0.3 is 9.47 Å². The average Bonchev–Trinajstić information content (AvgIpc) is 2.05. The minimum atomic E-state index is -0.510. The molecule has 1 rings (SSSR count). The zero-order valence-corrected chi connectivity index (χ0v) is 7.16. The Balaban J connectivity index is 2.35. The molecule has 1 heterocycles. The number of hydrogen-bond donors (Lipinski definition) is 1. The largest absolute Gasteiger partial charge is 0.464 e. The maximum Gasteiger partial charge on any atom is 0.336 e. The number of nitrogens with zero attached hydrogens (tertiary/aromatic N) is 1. The Morgan fingerprint density at radius 1 is 1.83 bits per heavy atom. The smallest absolute Gasteiger partial charge is 0.336 e. The van der Waals surface area contributed by atoms with Crippen LogP contribution in [0.3, 0.4) is 0 Å². The molecule has 1 atom stereocenters. The summed E-state index contributed by atoms with van der Waals surface area (Å²) in [5.41, 5.74) is 0. The first-order chi connectivity index (χ1) is 5.74. The SMILES string of the molecule is CCOC(=O)C1CN(N)CCO1. The van der Waals surface area contributed by atoms with Crippen molar-refractivity contribution in [1.29, 1.82) is 0 Å². The van der Waals surface area contributed by atoms with Gasteiger partial charge in [0, 0.05) is 6.54 Å². The summed E-state index contributed by atoms with van der Waals surface area (Å²) < 4.78 is 9.95. The molecule has 0 bridgehead atoms. The highest BCUT2D eigenvalue weighted by atomic mass is 16.6. The van der Waals surface area contributed by atoms with Crippen LogP contribution in [0.15, 0.2) is 0 Å². The predicted molar refractivity (Wildman–Crippen MR) is 42.1 cm³/mol. The van der Waals surface area contributed by atoms with Crippen molar-refractivity contribution in [3.8, 4) is 0 Å². The van der Waals surface area contributed by atoms with Crippen LogP contribution in [0.25, 0.3) is 0 Å². The van der Waals surface area contributed by atoms with E-state index >= 15 is 0 Å². The van der Waals surface area contributed by atoms with Crippen LogP contribution in [0.5, 0.6) is 0 Å². The molecule has 0 aromatic carbocycles. The predicted octanol–water partition coefficient (Wildman–Crippen LogP) is -0.876. The van der Waals surface area contributed by atoms with Gasteiger partial charge in [-0.2, -0.15) is 0 Å². The molecule has 5 nitrogen and oxygen atoms in total. The van der Waals surface area contributed by atoms with E-state index in [0.29, 0.717) is 26.3 Å². The van der Waals surface area contributed by atoms with Crippen molar-refractivity contribution in [3.05, 3.63) is 0 Å². The molecule has 1 fully saturated rings. The topological polar surface area (TPSA) is 64.8 Å². The minimum Gasteiger partial charge on any atom is -0.464 e. The van der Waals surface area contributed by atoms with E-state index in [2.05, 4.69) is 0 Å². The van der Waals surface area contributed by atoms with Crippen LogP contribution in [-0.4, -0.2) is 43.4 Å². The first-order valence-electron chi connectivity index (χ1n) is 4.02. The number of rotatable bonds is 2. The van der Waals surface area contributed by atoms with Gasteiger partial charge in [0.2, 0.25) is 0 Å². The van der Waals surface area contributed by atoms with Gasteiger partial charge in [-0.25, -0.2) is 9.80 Å². The van der Waals surface area contributed by atoms with Crippen molar-refractivity contribution in [3.63, 3.8) is 0 Å². The number of hydrazine groups is 1. The molecule has 0 saturated carbocycles. The van der Waals surface area contributed by atoms with Crippen molar-refractivity contribution in [1.82, 2.24) is 5.01 Å². The molecule has 1 aliphatic rings. The fourth-order valence-electron chi connectivity index (χ4n) is 1.05. The lowest BCUT2D eigenvalue weighted by Gasteiger charge is -2.27. The second-order valence-corrected chi connectivity index (χ2v) is 2.61. The average molecular weight is 174 g/mol. The molecule has 0 spiro atoms. The van der Waals surface area contributed by atoms with Crippen LogP contribution in [0.1, 0.15) is 6.92 Å². The highest BCUT2D eigenvalue weighted by Gasteiger charge is 2.25. The molecule has 1 unspecified atom stereocenters. The first kappa shape index (κ1) is 9.44. The Bertz CT molecular complexity index is 163. The molecule has 0 radical (unpaired) electrons. The van der Waals surface area contributed by atoms with Crippen molar-refractivity contribution >= 4 is 5.97 Å². The van der Waals surface area contributed by atoms with Gasteiger partial charge >= 0.3 is 5.97 Å². The van der Waals surface area contributed by atoms with Gasteiger partial charge in [-0.3, -0.25) is 5.84 Å². The number of ether oxygens (including phenoxy) is 2. The lowest BCUT2D eigenvalue weighted by Crippen LogP contribution is -2.49. The Kier molecular flexibility index (Phi) is 3.46. The number of esters is 1. The van der Waals surface area contributed by atoms with Gasteiger partial charge in [0.15, 0.2) is 6.10 Å². The summed E-state index contributed by atoms with van der Waals surface area (Å²) in [5.74, 6) is 5.18. The summed E-state index contributed by atoms with van der Waals surface area (Å²) >= 11 is 0. The zero-order chi connectivity index (χ0) is 8.97. The maximum atomic E-state index is 11.1. The van der Waals surface area contributed by atoms with Crippen LogP contribution in [-0.2, 0) is 14.3 Å². The summed E-state index contributed by atoms with van der Waals surface area (Å²) in [5, 5.41) is 1.56. The van der Waals surface area contributed by atoms with E-state index in [1.54, 1.807) is 11.9 Å². The lowest BCUT2D eigenvalue weighted by atomic mass is 10.3. The molecule has 1 aliphatic heterocycles. The fraction of sp³-hybridized carbons (Fsp3) is 0.857. The summed E-state index contributed by atoms with van der Waals surface area (Å²) in [6, 6.07) is 0. The molecule has 0 aliphatic carbocycles. The standard InChI is InChI=1S/C7H14N2O3/c1-2-11-7(10)6-5-9(8)3-4-12-6/h6H,2-5,8H2,1H3. The van der Waals surface area contributed by atoms with Gasteiger partial charge in [0.05, 0.1) is 19.8 Å². The zero-order valence-electron chi connectivity index (χ0n) is 7.16. The van der Waals surface area contributed by atoms with Crippen molar-refractivity contribution in [2.45, 2.75) is 13.0 Å². The second kappa shape index (κ2) is 4.39. The molecule has 2 N–H and O–H groups in total. The highest BCUT2D eigenvalue weighted by Crippen LogP contribution is 2.02. The van der Waals surface area contributed by atoms with Crippen LogP contribution in [0.4, 0.5) is 0 Å². The van der Waals surface area contributed by atoms with E-state index in [9.17, 15) is 4.79 Å².